The average Bonchev–Trinajstić information content (AvgIpc) is 3.06. The Hall–Kier alpha value is -3.03. The van der Waals surface area contributed by atoms with Crippen LogP contribution >= 0.6 is 11.6 Å². The van der Waals surface area contributed by atoms with Crippen LogP contribution in [0.1, 0.15) is 0 Å². The number of halogens is 1. The Labute approximate surface area is 157 Å². The molecule has 0 amide bonds. The molecular weight excluding hydrogens is 338 g/mol. The molecule has 0 spiro atoms. The van der Waals surface area contributed by atoms with Gasteiger partial charge in [-0.05, 0) is 29.8 Å². The number of fused-ring (bicyclic) bond motifs is 3. The third kappa shape index (κ3) is 2.25. The highest BCUT2D eigenvalue weighted by molar-refractivity contribution is 6.39. The second kappa shape index (κ2) is 6.05. The first kappa shape index (κ1) is 15.2. The quantitative estimate of drug-likeness (QED) is 0.319. The predicted octanol–water partition coefficient (Wildman–Crippen LogP) is 7.10. The number of benzene rings is 4. The molecule has 0 unspecified atom stereocenters. The second-order valence-corrected chi connectivity index (χ2v) is 6.78. The minimum atomic E-state index is 0.783. The van der Waals surface area contributed by atoms with Gasteiger partial charge in [0.15, 0.2) is 0 Å². The molecule has 2 heteroatoms. The van der Waals surface area contributed by atoms with Crippen molar-refractivity contribution in [1.29, 1.82) is 0 Å². The topological polar surface area (TPSA) is 4.93 Å². The smallest absolute Gasteiger partial charge is 0.0634 e. The summed E-state index contributed by atoms with van der Waals surface area (Å²) in [6, 6.07) is 33.6. The van der Waals surface area contributed by atoms with Gasteiger partial charge in [0, 0.05) is 22.0 Å². The highest BCUT2D eigenvalue weighted by Gasteiger charge is 2.18. The fraction of sp³-hybridized carbons (Fsp3) is 0. The molecule has 5 rings (SSSR count). The lowest BCUT2D eigenvalue weighted by Gasteiger charge is -2.12. The zero-order chi connectivity index (χ0) is 17.5. The van der Waals surface area contributed by atoms with Crippen molar-refractivity contribution in [3.63, 3.8) is 0 Å². The first-order valence-electron chi connectivity index (χ1n) is 8.67. The third-order valence-corrected chi connectivity index (χ3v) is 5.18. The normalized spacial score (nSPS) is 11.3. The molecule has 1 nitrogen and oxygen atoms in total. The molecule has 0 bridgehead atoms. The van der Waals surface area contributed by atoms with Crippen molar-refractivity contribution < 1.29 is 0 Å². The summed E-state index contributed by atoms with van der Waals surface area (Å²) in [5.74, 6) is 0. The van der Waals surface area contributed by atoms with Crippen LogP contribution in [0.4, 0.5) is 0 Å². The maximum Gasteiger partial charge on any atom is 0.0634 e. The fourth-order valence-electron chi connectivity index (χ4n) is 3.75. The summed E-state index contributed by atoms with van der Waals surface area (Å²) in [6.07, 6.45) is 0. The summed E-state index contributed by atoms with van der Waals surface area (Å²) < 4.78 is 2.32. The van der Waals surface area contributed by atoms with E-state index >= 15 is 0 Å². The number of hydrogen-bond donors (Lipinski definition) is 0. The van der Waals surface area contributed by atoms with E-state index in [2.05, 4.69) is 83.4 Å². The number of nitrogens with zero attached hydrogens (tertiary/aromatic N) is 1. The minimum absolute atomic E-state index is 0.783. The van der Waals surface area contributed by atoms with Crippen molar-refractivity contribution in [3.05, 3.63) is 102 Å². The van der Waals surface area contributed by atoms with E-state index in [1.54, 1.807) is 0 Å². The molecule has 1 aromatic heterocycles. The van der Waals surface area contributed by atoms with E-state index in [9.17, 15) is 0 Å². The highest BCUT2D eigenvalue weighted by atomic mass is 35.5. The van der Waals surface area contributed by atoms with E-state index in [1.165, 1.54) is 22.0 Å². The second-order valence-electron chi connectivity index (χ2n) is 6.37. The lowest BCUT2D eigenvalue weighted by molar-refractivity contribution is 1.18. The molecule has 124 valence electrons. The largest absolute Gasteiger partial charge is 0.309 e. The van der Waals surface area contributed by atoms with Gasteiger partial charge in [-0.2, -0.15) is 0 Å². The van der Waals surface area contributed by atoms with Crippen LogP contribution < -0.4 is 0 Å². The Kier molecular flexibility index (Phi) is 3.55. The fourth-order valence-corrected chi connectivity index (χ4v) is 4.01. The van der Waals surface area contributed by atoms with Crippen molar-refractivity contribution in [2.45, 2.75) is 0 Å². The van der Waals surface area contributed by atoms with Gasteiger partial charge in [-0.15, -0.1) is 0 Å². The van der Waals surface area contributed by atoms with Crippen molar-refractivity contribution in [2.75, 3.05) is 0 Å². The molecule has 0 aliphatic heterocycles. The summed E-state index contributed by atoms with van der Waals surface area (Å²) >= 11 is 6.68. The number of para-hydroxylation sites is 2. The molecule has 0 atom stereocenters. The van der Waals surface area contributed by atoms with Crippen LogP contribution in [0.5, 0.6) is 0 Å². The molecule has 0 saturated heterocycles. The van der Waals surface area contributed by atoms with Crippen molar-refractivity contribution in [1.82, 2.24) is 4.57 Å². The lowest BCUT2D eigenvalue weighted by atomic mass is 10.0. The van der Waals surface area contributed by atoms with Gasteiger partial charge in [-0.25, -0.2) is 0 Å². The van der Waals surface area contributed by atoms with Crippen LogP contribution in [-0.2, 0) is 0 Å². The van der Waals surface area contributed by atoms with Gasteiger partial charge < -0.3 is 4.57 Å². The van der Waals surface area contributed by atoms with Gasteiger partial charge in [-0.3, -0.25) is 0 Å². The Bertz CT molecular complexity index is 1220. The first-order chi connectivity index (χ1) is 12.8. The predicted molar refractivity (Wildman–Crippen MR) is 111 cm³/mol. The van der Waals surface area contributed by atoms with Crippen LogP contribution in [0.15, 0.2) is 97.1 Å². The molecule has 0 N–H and O–H groups in total. The average molecular weight is 354 g/mol. The molecule has 26 heavy (non-hydrogen) atoms. The molecule has 5 aromatic rings. The summed E-state index contributed by atoms with van der Waals surface area (Å²) in [7, 11) is 0. The summed E-state index contributed by atoms with van der Waals surface area (Å²) in [5.41, 5.74) is 5.83. The first-order valence-corrected chi connectivity index (χ1v) is 9.05. The Morgan fingerprint density at radius 3 is 2.04 bits per heavy atom. The minimum Gasteiger partial charge on any atom is -0.309 e. The molecule has 0 aliphatic rings. The van der Waals surface area contributed by atoms with E-state index in [4.69, 9.17) is 11.6 Å². The summed E-state index contributed by atoms with van der Waals surface area (Å²) in [4.78, 5) is 0. The Balaban J connectivity index is 2.03. The molecule has 1 heterocycles. The summed E-state index contributed by atoms with van der Waals surface area (Å²) in [5, 5.41) is 3.06. The lowest BCUT2D eigenvalue weighted by Crippen LogP contribution is -1.95. The van der Waals surface area contributed by atoms with Gasteiger partial charge in [0.05, 0.1) is 16.1 Å². The zero-order valence-corrected chi connectivity index (χ0v) is 14.8. The Morgan fingerprint density at radius 1 is 0.615 bits per heavy atom. The van der Waals surface area contributed by atoms with E-state index in [-0.39, 0.29) is 0 Å². The number of hydrogen-bond acceptors (Lipinski definition) is 0. The number of aromatic nitrogens is 1. The van der Waals surface area contributed by atoms with E-state index in [0.717, 1.165) is 21.6 Å². The van der Waals surface area contributed by atoms with Crippen molar-refractivity contribution in [2.24, 2.45) is 0 Å². The Morgan fingerprint density at radius 2 is 1.27 bits per heavy atom. The van der Waals surface area contributed by atoms with Gasteiger partial charge in [0.25, 0.3) is 0 Å². The molecular formula is C24H16ClN. The number of rotatable bonds is 2. The van der Waals surface area contributed by atoms with E-state index in [0.29, 0.717) is 0 Å². The van der Waals surface area contributed by atoms with Gasteiger partial charge in [-0.1, -0.05) is 84.4 Å². The molecule has 0 radical (unpaired) electrons. The van der Waals surface area contributed by atoms with Crippen LogP contribution in [0.3, 0.4) is 0 Å². The maximum atomic E-state index is 6.68. The van der Waals surface area contributed by atoms with Gasteiger partial charge in [0.1, 0.15) is 0 Å². The van der Waals surface area contributed by atoms with Crippen LogP contribution in [0.25, 0.3) is 38.6 Å². The van der Waals surface area contributed by atoms with Crippen molar-refractivity contribution in [3.8, 4) is 16.8 Å². The highest BCUT2D eigenvalue weighted by Crippen LogP contribution is 2.41. The standard InChI is InChI=1S/C24H16ClN/c25-21-16-15-19(17-9-3-1-4-10-17)24-23(21)20-13-7-8-14-22(20)26(24)18-11-5-2-6-12-18/h1-16H. The maximum absolute atomic E-state index is 6.68. The van der Waals surface area contributed by atoms with Crippen LogP contribution in [-0.4, -0.2) is 4.57 Å². The van der Waals surface area contributed by atoms with E-state index in [1.807, 2.05) is 18.2 Å². The van der Waals surface area contributed by atoms with Crippen LogP contribution in [0, 0.1) is 0 Å². The zero-order valence-electron chi connectivity index (χ0n) is 14.1. The third-order valence-electron chi connectivity index (χ3n) is 4.86. The molecule has 4 aromatic carbocycles. The van der Waals surface area contributed by atoms with Crippen molar-refractivity contribution >= 4 is 33.4 Å². The molecule has 0 aliphatic carbocycles. The van der Waals surface area contributed by atoms with Gasteiger partial charge in [0.2, 0.25) is 0 Å². The van der Waals surface area contributed by atoms with Crippen LogP contribution in [0.2, 0.25) is 5.02 Å². The van der Waals surface area contributed by atoms with Gasteiger partial charge >= 0.3 is 0 Å². The molecule has 0 saturated carbocycles. The van der Waals surface area contributed by atoms with E-state index < -0.39 is 0 Å². The monoisotopic (exact) mass is 353 g/mol. The molecule has 0 fully saturated rings. The SMILES string of the molecule is Clc1ccc(-c2ccccc2)c2c1c1ccccc1n2-c1ccccc1. The summed E-state index contributed by atoms with van der Waals surface area (Å²) in [6.45, 7) is 0.